The van der Waals surface area contributed by atoms with Gasteiger partial charge in [-0.1, -0.05) is 90.4 Å². The zero-order valence-corrected chi connectivity index (χ0v) is 36.3. The predicted octanol–water partition coefficient (Wildman–Crippen LogP) is 14.8. The Balaban J connectivity index is 6.20. The Morgan fingerprint density at radius 3 is 1.10 bits per heavy atom. The third kappa shape index (κ3) is 33.8. The molecule has 0 aromatic rings. The van der Waals surface area contributed by atoms with Crippen molar-refractivity contribution in [3.63, 3.8) is 0 Å². The molecule has 0 aliphatic rings. The van der Waals surface area contributed by atoms with Crippen LogP contribution >= 0.6 is 15.2 Å². The summed E-state index contributed by atoms with van der Waals surface area (Å²) in [5.41, 5.74) is 0. The predicted molar refractivity (Wildman–Crippen MR) is 202 cm³/mol. The minimum atomic E-state index is -4.84. The number of unbranched alkanes of at least 4 members (excludes halogenated alkanes) is 12. The van der Waals surface area contributed by atoms with Gasteiger partial charge in [-0.3, -0.25) is 9.13 Å². The van der Waals surface area contributed by atoms with Crippen molar-refractivity contribution in [1.82, 2.24) is 0 Å². The lowest BCUT2D eigenvalue weighted by atomic mass is 9.76. The molecule has 0 saturated carbocycles. The van der Waals surface area contributed by atoms with Crippen LogP contribution in [0.15, 0.2) is 0 Å². The second-order valence-electron chi connectivity index (χ2n) is 17.0. The van der Waals surface area contributed by atoms with Gasteiger partial charge < -0.3 is 19.6 Å². The number of halogens is 14. The SMILES string of the molecule is CCC(F)(F)CC(F)(F)CC(F)(F)CCC(CCCCCCCCCP(=O)(O)O)C(CCCCCCCCCP(=O)(O)O)CC(F)(F)CC(F)(F)CC(F)(F)CC(C)(F)F. The van der Waals surface area contributed by atoms with E-state index in [1.165, 1.54) is 0 Å². The van der Waals surface area contributed by atoms with Gasteiger partial charge >= 0.3 is 15.2 Å². The number of alkyl halides is 14. The monoisotopic (exact) mass is 946 g/mol. The molecule has 0 amide bonds. The van der Waals surface area contributed by atoms with Crippen LogP contribution in [0.25, 0.3) is 0 Å². The summed E-state index contributed by atoms with van der Waals surface area (Å²) in [6.07, 6.45) is -11.4. The van der Waals surface area contributed by atoms with Crippen LogP contribution in [-0.2, 0) is 9.13 Å². The van der Waals surface area contributed by atoms with Gasteiger partial charge in [-0.25, -0.2) is 61.5 Å². The molecule has 0 aromatic heterocycles. The van der Waals surface area contributed by atoms with Crippen LogP contribution in [0.2, 0.25) is 0 Å². The van der Waals surface area contributed by atoms with Crippen molar-refractivity contribution in [2.24, 2.45) is 11.8 Å². The second kappa shape index (κ2) is 25.7. The van der Waals surface area contributed by atoms with Gasteiger partial charge in [-0.15, -0.1) is 0 Å². The summed E-state index contributed by atoms with van der Waals surface area (Å²) in [4.78, 5) is 35.9. The topological polar surface area (TPSA) is 115 Å². The Hall–Kier alpha value is -0.680. The lowest BCUT2D eigenvalue weighted by molar-refractivity contribution is -0.180. The first-order chi connectivity index (χ1) is 27.0. The van der Waals surface area contributed by atoms with Crippen molar-refractivity contribution >= 4 is 15.2 Å². The van der Waals surface area contributed by atoms with Crippen LogP contribution in [0.1, 0.15) is 174 Å². The van der Waals surface area contributed by atoms with Crippen LogP contribution < -0.4 is 0 Å². The number of hydrogen-bond donors (Lipinski definition) is 4. The highest BCUT2D eigenvalue weighted by Crippen LogP contribution is 2.47. The first-order valence-electron chi connectivity index (χ1n) is 20.7. The van der Waals surface area contributed by atoms with Gasteiger partial charge in [0.15, 0.2) is 0 Å². The highest BCUT2D eigenvalue weighted by Gasteiger charge is 2.53. The first kappa shape index (κ1) is 59.3. The maximum absolute atomic E-state index is 15.5. The molecule has 22 heteroatoms. The van der Waals surface area contributed by atoms with E-state index >= 15 is 17.6 Å². The van der Waals surface area contributed by atoms with E-state index in [9.17, 15) is 53.0 Å². The van der Waals surface area contributed by atoms with Crippen molar-refractivity contribution in [2.45, 2.75) is 216 Å². The molecule has 0 rings (SSSR count). The second-order valence-corrected chi connectivity index (χ2v) is 20.6. The molecule has 2 atom stereocenters. The molecule has 4 N–H and O–H groups in total. The number of hydrogen-bond acceptors (Lipinski definition) is 2. The molecular formula is C38H66F14O6P2. The van der Waals surface area contributed by atoms with Gasteiger partial charge in [0.25, 0.3) is 41.5 Å². The Kier molecular flexibility index (Phi) is 25.4. The fourth-order valence-corrected chi connectivity index (χ4v) is 8.83. The molecule has 60 heavy (non-hydrogen) atoms. The minimum Gasteiger partial charge on any atom is -0.324 e. The molecule has 0 heterocycles. The normalized spacial score (nSPS) is 15.5. The van der Waals surface area contributed by atoms with E-state index < -0.39 is 126 Å². The van der Waals surface area contributed by atoms with Gasteiger partial charge in [-0.2, -0.15) is 0 Å². The van der Waals surface area contributed by atoms with Gasteiger partial charge in [-0.05, 0) is 44.4 Å². The fraction of sp³-hybridized carbons (Fsp3) is 1.00. The summed E-state index contributed by atoms with van der Waals surface area (Å²) in [6.45, 7) is 0.939. The van der Waals surface area contributed by atoms with E-state index in [2.05, 4.69) is 0 Å². The minimum absolute atomic E-state index is 0.0478. The molecule has 0 aromatic carbocycles. The van der Waals surface area contributed by atoms with Crippen molar-refractivity contribution in [3.05, 3.63) is 0 Å². The Bertz CT molecular complexity index is 1270. The zero-order valence-electron chi connectivity index (χ0n) is 34.5. The highest BCUT2D eigenvalue weighted by atomic mass is 31.2. The zero-order chi connectivity index (χ0) is 46.7. The molecule has 2 unspecified atom stereocenters. The van der Waals surface area contributed by atoms with E-state index in [0.29, 0.717) is 64.2 Å². The fourth-order valence-electron chi connectivity index (χ4n) is 7.56. The maximum Gasteiger partial charge on any atom is 0.325 e. The van der Waals surface area contributed by atoms with Gasteiger partial charge in [0.2, 0.25) is 0 Å². The smallest absolute Gasteiger partial charge is 0.324 e. The summed E-state index contributed by atoms with van der Waals surface area (Å²) in [5.74, 6) is -33.3. The van der Waals surface area contributed by atoms with E-state index in [1.807, 2.05) is 0 Å². The van der Waals surface area contributed by atoms with E-state index in [1.54, 1.807) is 0 Å². The summed E-state index contributed by atoms with van der Waals surface area (Å²) < 4.78 is 224. The van der Waals surface area contributed by atoms with Crippen molar-refractivity contribution in [3.8, 4) is 0 Å². The Morgan fingerprint density at radius 2 is 0.717 bits per heavy atom. The van der Waals surface area contributed by atoms with E-state index in [0.717, 1.165) is 6.92 Å². The van der Waals surface area contributed by atoms with Crippen LogP contribution in [0.5, 0.6) is 0 Å². The summed E-state index contributed by atoms with van der Waals surface area (Å²) in [5, 5.41) is 0. The standard InChI is InChI=1S/C38H66F14O6P2/c1-3-33(41,42)26-37(49,50)27-34(43,44)21-20-30(18-14-10-6-4-8-12-16-22-59(53,54)55)31(19-15-11-7-5-9-13-17-23-60(56,57)58)24-35(45,46)28-38(51,52)29-36(47,48)25-32(2,39)40/h30-31H,3-29H2,1-2H3,(H2,53,54,55)(H2,56,57,58). The summed E-state index contributed by atoms with van der Waals surface area (Å²) in [6, 6.07) is 0. The Labute approximate surface area is 345 Å². The maximum atomic E-state index is 15.5. The average Bonchev–Trinajstić information content (AvgIpc) is 2.99. The third-order valence-electron chi connectivity index (χ3n) is 10.3. The highest BCUT2D eigenvalue weighted by molar-refractivity contribution is 7.52. The average molecular weight is 947 g/mol. The molecule has 0 aliphatic carbocycles. The molecule has 6 nitrogen and oxygen atoms in total. The molecule has 362 valence electrons. The van der Waals surface area contributed by atoms with Crippen molar-refractivity contribution < 1.29 is 90.2 Å². The number of rotatable bonds is 37. The molecule has 0 bridgehead atoms. The molecular weight excluding hydrogens is 880 g/mol. The quantitative estimate of drug-likeness (QED) is 0.0280. The lowest BCUT2D eigenvalue weighted by Crippen LogP contribution is -2.39. The van der Waals surface area contributed by atoms with Gasteiger partial charge in [0.05, 0.1) is 32.1 Å². The first-order valence-corrected chi connectivity index (χ1v) is 24.3. The molecule has 0 spiro atoms. The molecule has 0 fully saturated rings. The summed E-state index contributed by atoms with van der Waals surface area (Å²) >= 11 is 0. The largest absolute Gasteiger partial charge is 0.325 e. The van der Waals surface area contributed by atoms with Gasteiger partial charge in [0, 0.05) is 31.6 Å². The van der Waals surface area contributed by atoms with Crippen LogP contribution in [-0.4, -0.2) is 73.4 Å². The van der Waals surface area contributed by atoms with Gasteiger partial charge in [0.1, 0.15) is 0 Å². The molecule has 0 aliphatic heterocycles. The van der Waals surface area contributed by atoms with Crippen LogP contribution in [0.3, 0.4) is 0 Å². The molecule has 0 saturated heterocycles. The van der Waals surface area contributed by atoms with Crippen molar-refractivity contribution in [2.75, 3.05) is 12.3 Å². The van der Waals surface area contributed by atoms with Crippen molar-refractivity contribution in [1.29, 1.82) is 0 Å². The van der Waals surface area contributed by atoms with E-state index in [-0.39, 0.29) is 57.8 Å². The van der Waals surface area contributed by atoms with Crippen LogP contribution in [0, 0.1) is 11.8 Å². The molecule has 0 radical (unpaired) electrons. The third-order valence-corrected chi connectivity index (χ3v) is 12.1. The lowest BCUT2D eigenvalue weighted by Gasteiger charge is -2.34. The van der Waals surface area contributed by atoms with Crippen LogP contribution in [0.4, 0.5) is 61.5 Å². The summed E-state index contributed by atoms with van der Waals surface area (Å²) in [7, 11) is -8.35. The van der Waals surface area contributed by atoms with E-state index in [4.69, 9.17) is 19.6 Å². The Morgan fingerprint density at radius 1 is 0.400 bits per heavy atom.